The zero-order valence-corrected chi connectivity index (χ0v) is 14.2. The first-order valence-corrected chi connectivity index (χ1v) is 15.5. The van der Waals surface area contributed by atoms with Crippen LogP contribution in [0.25, 0.3) is 0 Å². The third-order valence-electron chi connectivity index (χ3n) is 3.22. The standard InChI is InChI=1S/C12H24Si3/c1-5-9-14(13)15(10-6-2,11-7-3)12-8-4/h5-8,14H,1-4,9-12H2,13H3. The van der Waals surface area contributed by atoms with Crippen molar-refractivity contribution in [1.82, 2.24) is 0 Å². The maximum Gasteiger partial charge on any atom is 0.0519 e. The first-order chi connectivity index (χ1) is 7.16. The Balaban J connectivity index is 4.86. The molecule has 0 radical (unpaired) electrons. The van der Waals surface area contributed by atoms with Crippen molar-refractivity contribution in [2.75, 3.05) is 0 Å². The molecular weight excluding hydrogens is 228 g/mol. The average Bonchev–Trinajstić information content (AvgIpc) is 2.19. The Labute approximate surface area is 100 Å². The van der Waals surface area contributed by atoms with Gasteiger partial charge in [-0.25, -0.2) is 0 Å². The molecule has 0 aliphatic carbocycles. The molecule has 84 valence electrons. The quantitative estimate of drug-likeness (QED) is 0.436. The van der Waals surface area contributed by atoms with Crippen LogP contribution in [-0.4, -0.2) is 25.2 Å². The lowest BCUT2D eigenvalue weighted by Crippen LogP contribution is -2.50. The predicted molar refractivity (Wildman–Crippen MR) is 82.9 cm³/mol. The summed E-state index contributed by atoms with van der Waals surface area (Å²) in [7, 11) is -0.320. The Morgan fingerprint density at radius 1 is 0.867 bits per heavy atom. The molecule has 0 aliphatic rings. The SMILES string of the molecule is C=CC[SiH]([SiH3])[Si](CC=C)(CC=C)CC=C. The monoisotopic (exact) mass is 252 g/mol. The van der Waals surface area contributed by atoms with Gasteiger partial charge in [0.25, 0.3) is 0 Å². The molecule has 0 aromatic rings. The van der Waals surface area contributed by atoms with Crippen LogP contribution < -0.4 is 0 Å². The van der Waals surface area contributed by atoms with Gasteiger partial charge in [-0.05, 0) is 33.9 Å². The summed E-state index contributed by atoms with van der Waals surface area (Å²) in [6, 6.07) is 5.05. The Morgan fingerprint density at radius 3 is 1.53 bits per heavy atom. The van der Waals surface area contributed by atoms with Crippen LogP contribution in [0.4, 0.5) is 0 Å². The lowest BCUT2D eigenvalue weighted by molar-refractivity contribution is 1.41. The van der Waals surface area contributed by atoms with E-state index in [0.29, 0.717) is 0 Å². The van der Waals surface area contributed by atoms with Crippen molar-refractivity contribution >= 4 is 25.2 Å². The first-order valence-electron chi connectivity index (χ1n) is 5.60. The van der Waals surface area contributed by atoms with Crippen molar-refractivity contribution in [2.45, 2.75) is 24.2 Å². The molecule has 0 N–H and O–H groups in total. The second-order valence-electron chi connectivity index (χ2n) is 4.27. The number of rotatable bonds is 9. The molecule has 0 fully saturated rings. The summed E-state index contributed by atoms with van der Waals surface area (Å²) in [5.41, 5.74) is 0. The molecule has 0 aromatic carbocycles. The number of allylic oxidation sites excluding steroid dienone is 4. The first kappa shape index (κ1) is 14.6. The number of hydrogen-bond acceptors (Lipinski definition) is 0. The average molecular weight is 253 g/mol. The van der Waals surface area contributed by atoms with Crippen molar-refractivity contribution in [1.29, 1.82) is 0 Å². The summed E-state index contributed by atoms with van der Waals surface area (Å²) in [5.74, 6) is 0. The lowest BCUT2D eigenvalue weighted by atomic mass is 10.7. The van der Waals surface area contributed by atoms with Gasteiger partial charge in [-0.15, -0.1) is 26.3 Å². The maximum absolute atomic E-state index is 3.93. The molecular formula is C12H24Si3. The second-order valence-corrected chi connectivity index (χ2v) is 24.8. The van der Waals surface area contributed by atoms with Gasteiger partial charge in [0.05, 0.1) is 7.59 Å². The van der Waals surface area contributed by atoms with Crippen LogP contribution >= 0.6 is 0 Å². The van der Waals surface area contributed by atoms with Crippen molar-refractivity contribution in [3.8, 4) is 0 Å². The largest absolute Gasteiger partial charge is 0.103 e. The highest BCUT2D eigenvalue weighted by atomic mass is 29.6. The highest BCUT2D eigenvalue weighted by Crippen LogP contribution is 2.26. The molecule has 0 bridgehead atoms. The minimum atomic E-state index is -1.14. The van der Waals surface area contributed by atoms with E-state index in [1.807, 2.05) is 0 Å². The molecule has 0 saturated heterocycles. The van der Waals surface area contributed by atoms with Crippen LogP contribution in [-0.2, 0) is 0 Å². The van der Waals surface area contributed by atoms with Crippen LogP contribution in [0.5, 0.6) is 0 Å². The summed E-state index contributed by atoms with van der Waals surface area (Å²) in [6.45, 7) is 15.7. The Hall–Kier alpha value is -0.389. The fraction of sp³-hybridized carbons (Fsp3) is 0.333. The Morgan fingerprint density at radius 2 is 1.27 bits per heavy atom. The molecule has 1 atom stereocenters. The molecule has 0 saturated carbocycles. The van der Waals surface area contributed by atoms with E-state index >= 15 is 0 Å². The highest BCUT2D eigenvalue weighted by molar-refractivity contribution is 7.49. The molecule has 0 heterocycles. The zero-order valence-electron chi connectivity index (χ0n) is 10.0. The smallest absolute Gasteiger partial charge is 0.0519 e. The predicted octanol–water partition coefficient (Wildman–Crippen LogP) is 2.35. The second kappa shape index (κ2) is 7.84. The zero-order chi connectivity index (χ0) is 11.7. The van der Waals surface area contributed by atoms with Crippen molar-refractivity contribution in [2.24, 2.45) is 0 Å². The molecule has 0 spiro atoms. The topological polar surface area (TPSA) is 0 Å². The van der Waals surface area contributed by atoms with Gasteiger partial charge in [0, 0.05) is 7.83 Å². The molecule has 0 nitrogen and oxygen atoms in total. The van der Waals surface area contributed by atoms with Crippen LogP contribution in [0.3, 0.4) is 0 Å². The van der Waals surface area contributed by atoms with Gasteiger partial charge in [0.1, 0.15) is 0 Å². The van der Waals surface area contributed by atoms with E-state index in [1.165, 1.54) is 33.9 Å². The highest BCUT2D eigenvalue weighted by Gasteiger charge is 2.34. The molecule has 0 amide bonds. The van der Waals surface area contributed by atoms with Crippen LogP contribution in [0.1, 0.15) is 0 Å². The third kappa shape index (κ3) is 4.32. The summed E-state index contributed by atoms with van der Waals surface area (Å²) >= 11 is 0. The van der Waals surface area contributed by atoms with Gasteiger partial charge in [0.2, 0.25) is 0 Å². The lowest BCUT2D eigenvalue weighted by Gasteiger charge is -2.34. The molecule has 3 heteroatoms. The van der Waals surface area contributed by atoms with E-state index in [1.54, 1.807) is 0 Å². The maximum atomic E-state index is 3.93. The van der Waals surface area contributed by atoms with Gasteiger partial charge < -0.3 is 0 Å². The Bertz CT molecular complexity index is 206. The summed E-state index contributed by atoms with van der Waals surface area (Å²) in [6.07, 6.45) is 8.50. The Kier molecular flexibility index (Phi) is 7.64. The van der Waals surface area contributed by atoms with E-state index in [-0.39, 0.29) is 0 Å². The molecule has 15 heavy (non-hydrogen) atoms. The van der Waals surface area contributed by atoms with Crippen molar-refractivity contribution in [3.63, 3.8) is 0 Å². The van der Waals surface area contributed by atoms with Crippen LogP contribution in [0.15, 0.2) is 50.6 Å². The fourth-order valence-corrected chi connectivity index (χ4v) is 21.1. The van der Waals surface area contributed by atoms with E-state index in [4.69, 9.17) is 0 Å². The molecule has 0 rings (SSSR count). The molecule has 0 aliphatic heterocycles. The van der Waals surface area contributed by atoms with Crippen molar-refractivity contribution < 1.29 is 0 Å². The van der Waals surface area contributed by atoms with Gasteiger partial charge in [0.15, 0.2) is 0 Å². The van der Waals surface area contributed by atoms with E-state index in [0.717, 1.165) is 0 Å². The molecule has 0 aromatic heterocycles. The van der Waals surface area contributed by atoms with Gasteiger partial charge >= 0.3 is 0 Å². The summed E-state index contributed by atoms with van der Waals surface area (Å²) in [5, 5.41) is 0. The third-order valence-corrected chi connectivity index (χ3v) is 31.2. The van der Waals surface area contributed by atoms with E-state index in [9.17, 15) is 0 Å². The van der Waals surface area contributed by atoms with Crippen molar-refractivity contribution in [3.05, 3.63) is 50.6 Å². The fourth-order valence-electron chi connectivity index (χ4n) is 2.22. The van der Waals surface area contributed by atoms with Crippen LogP contribution in [0.2, 0.25) is 24.2 Å². The normalized spacial score (nSPS) is 13.1. The van der Waals surface area contributed by atoms with E-state index in [2.05, 4.69) is 50.6 Å². The van der Waals surface area contributed by atoms with E-state index < -0.39 is 15.4 Å². The van der Waals surface area contributed by atoms with Crippen LogP contribution in [0, 0.1) is 0 Å². The number of hydrogen-bond donors (Lipinski definition) is 0. The van der Waals surface area contributed by atoms with Gasteiger partial charge in [-0.3, -0.25) is 0 Å². The summed E-state index contributed by atoms with van der Waals surface area (Å²) < 4.78 is 0. The minimum Gasteiger partial charge on any atom is -0.103 e. The summed E-state index contributed by atoms with van der Waals surface area (Å²) in [4.78, 5) is 0. The van der Waals surface area contributed by atoms with Gasteiger partial charge in [-0.1, -0.05) is 24.3 Å². The minimum absolute atomic E-state index is 0.560. The van der Waals surface area contributed by atoms with Gasteiger partial charge in [-0.2, -0.15) is 0 Å². The molecule has 1 unspecified atom stereocenters.